The van der Waals surface area contributed by atoms with Gasteiger partial charge in [-0.25, -0.2) is 8.42 Å². The number of amides is 1. The van der Waals surface area contributed by atoms with E-state index in [9.17, 15) is 13.2 Å². The minimum atomic E-state index is -3.73. The summed E-state index contributed by atoms with van der Waals surface area (Å²) in [6.45, 7) is 3.83. The topological polar surface area (TPSA) is 114 Å². The SMILES string of the molecule is COc1ccc(CC(=O)NCCCc2cn[nH]c2C)cc1S(=O)(=O)N1CCOCC1. The number of H-pyrrole nitrogens is 1. The quantitative estimate of drug-likeness (QED) is 0.568. The maximum atomic E-state index is 13.0. The highest BCUT2D eigenvalue weighted by atomic mass is 32.2. The minimum Gasteiger partial charge on any atom is -0.495 e. The molecule has 1 saturated heterocycles. The lowest BCUT2D eigenvalue weighted by atomic mass is 10.1. The molecule has 1 aromatic carbocycles. The Bertz CT molecular complexity index is 967. The summed E-state index contributed by atoms with van der Waals surface area (Å²) in [7, 11) is -2.29. The Balaban J connectivity index is 1.61. The third kappa shape index (κ3) is 5.38. The second kappa shape index (κ2) is 10.1. The van der Waals surface area contributed by atoms with Crippen molar-refractivity contribution in [3.63, 3.8) is 0 Å². The number of hydrogen-bond donors (Lipinski definition) is 2. The fraction of sp³-hybridized carbons (Fsp3) is 0.500. The van der Waals surface area contributed by atoms with Gasteiger partial charge < -0.3 is 14.8 Å². The molecular formula is C20H28N4O5S. The number of methoxy groups -OCH3 is 1. The molecule has 0 atom stereocenters. The van der Waals surface area contributed by atoms with E-state index in [0.717, 1.165) is 24.1 Å². The standard InChI is InChI=1S/C20H28N4O5S/c1-15-17(14-22-23-15)4-3-7-21-20(25)13-16-5-6-18(28-2)19(12-16)30(26,27)24-8-10-29-11-9-24/h5-6,12,14H,3-4,7-11,13H2,1-2H3,(H,21,25)(H,22,23). The monoisotopic (exact) mass is 436 g/mol. The van der Waals surface area contributed by atoms with Crippen LogP contribution in [-0.4, -0.2) is 68.8 Å². The van der Waals surface area contributed by atoms with E-state index in [1.807, 2.05) is 6.92 Å². The van der Waals surface area contributed by atoms with E-state index < -0.39 is 10.0 Å². The normalized spacial score (nSPS) is 15.1. The molecule has 0 aliphatic carbocycles. The number of aromatic amines is 1. The molecule has 0 unspecified atom stereocenters. The van der Waals surface area contributed by atoms with Gasteiger partial charge in [-0.3, -0.25) is 9.89 Å². The van der Waals surface area contributed by atoms with Crippen molar-refractivity contribution in [1.29, 1.82) is 0 Å². The average molecular weight is 437 g/mol. The molecule has 0 spiro atoms. The van der Waals surface area contributed by atoms with Gasteiger partial charge >= 0.3 is 0 Å². The van der Waals surface area contributed by atoms with Gasteiger partial charge in [0.15, 0.2) is 0 Å². The van der Waals surface area contributed by atoms with Crippen molar-refractivity contribution >= 4 is 15.9 Å². The molecule has 2 heterocycles. The lowest BCUT2D eigenvalue weighted by molar-refractivity contribution is -0.120. The molecule has 2 aromatic rings. The average Bonchev–Trinajstić information content (AvgIpc) is 3.16. The molecule has 10 heteroatoms. The van der Waals surface area contributed by atoms with Crippen LogP contribution in [0.4, 0.5) is 0 Å². The molecule has 0 bridgehead atoms. The third-order valence-electron chi connectivity index (χ3n) is 5.06. The highest BCUT2D eigenvalue weighted by molar-refractivity contribution is 7.89. The van der Waals surface area contributed by atoms with E-state index in [1.165, 1.54) is 17.5 Å². The van der Waals surface area contributed by atoms with E-state index in [0.29, 0.717) is 38.4 Å². The van der Waals surface area contributed by atoms with E-state index >= 15 is 0 Å². The summed E-state index contributed by atoms with van der Waals surface area (Å²) in [5, 5.41) is 9.77. The zero-order valence-corrected chi connectivity index (χ0v) is 18.1. The summed E-state index contributed by atoms with van der Waals surface area (Å²) in [5.74, 6) is 0.111. The second-order valence-electron chi connectivity index (χ2n) is 7.15. The van der Waals surface area contributed by atoms with E-state index in [2.05, 4.69) is 15.5 Å². The highest BCUT2D eigenvalue weighted by Crippen LogP contribution is 2.28. The molecule has 1 aromatic heterocycles. The van der Waals surface area contributed by atoms with Crippen LogP contribution in [-0.2, 0) is 32.4 Å². The molecule has 0 radical (unpaired) electrons. The van der Waals surface area contributed by atoms with Crippen LogP contribution in [0.25, 0.3) is 0 Å². The first-order valence-electron chi connectivity index (χ1n) is 9.92. The van der Waals surface area contributed by atoms with Crippen LogP contribution in [0.15, 0.2) is 29.3 Å². The van der Waals surface area contributed by atoms with E-state index in [-0.39, 0.29) is 23.0 Å². The fourth-order valence-corrected chi connectivity index (χ4v) is 4.95. The maximum absolute atomic E-state index is 13.0. The zero-order valence-electron chi connectivity index (χ0n) is 17.3. The highest BCUT2D eigenvalue weighted by Gasteiger charge is 2.29. The number of rotatable bonds is 9. The van der Waals surface area contributed by atoms with Crippen molar-refractivity contribution < 1.29 is 22.7 Å². The smallest absolute Gasteiger partial charge is 0.246 e. The molecule has 1 aliphatic heterocycles. The van der Waals surface area contributed by atoms with Gasteiger partial charge in [-0.05, 0) is 43.0 Å². The second-order valence-corrected chi connectivity index (χ2v) is 9.06. The Morgan fingerprint density at radius 1 is 1.33 bits per heavy atom. The van der Waals surface area contributed by atoms with Gasteiger partial charge in [0, 0.05) is 25.3 Å². The van der Waals surface area contributed by atoms with Gasteiger partial charge in [-0.1, -0.05) is 6.07 Å². The summed E-state index contributed by atoms with van der Waals surface area (Å²) >= 11 is 0. The van der Waals surface area contributed by atoms with Crippen LogP contribution in [0.2, 0.25) is 0 Å². The number of aromatic nitrogens is 2. The summed E-state index contributed by atoms with van der Waals surface area (Å²) in [5.41, 5.74) is 2.79. The lowest BCUT2D eigenvalue weighted by Gasteiger charge is -2.26. The van der Waals surface area contributed by atoms with Crippen molar-refractivity contribution in [3.8, 4) is 5.75 Å². The van der Waals surface area contributed by atoms with Crippen molar-refractivity contribution in [3.05, 3.63) is 41.2 Å². The summed E-state index contributed by atoms with van der Waals surface area (Å²) < 4.78 is 38.0. The van der Waals surface area contributed by atoms with Crippen LogP contribution < -0.4 is 10.1 Å². The summed E-state index contributed by atoms with van der Waals surface area (Å²) in [4.78, 5) is 12.4. The van der Waals surface area contributed by atoms with Crippen molar-refractivity contribution in [2.24, 2.45) is 0 Å². The molecule has 164 valence electrons. The lowest BCUT2D eigenvalue weighted by Crippen LogP contribution is -2.40. The van der Waals surface area contributed by atoms with Crippen LogP contribution >= 0.6 is 0 Å². The predicted octanol–water partition coefficient (Wildman–Crippen LogP) is 1.04. The molecule has 1 amide bonds. The zero-order chi connectivity index (χ0) is 21.6. The number of ether oxygens (including phenoxy) is 2. The van der Waals surface area contributed by atoms with Gasteiger partial charge in [0.05, 0.1) is 32.9 Å². The van der Waals surface area contributed by atoms with E-state index in [4.69, 9.17) is 9.47 Å². The predicted molar refractivity (Wildman–Crippen MR) is 111 cm³/mol. The number of benzene rings is 1. The number of nitrogens with zero attached hydrogens (tertiary/aromatic N) is 2. The number of aryl methyl sites for hydroxylation is 2. The number of sulfonamides is 1. The Kier molecular flexibility index (Phi) is 7.46. The summed E-state index contributed by atoms with van der Waals surface area (Å²) in [6, 6.07) is 4.83. The first-order chi connectivity index (χ1) is 14.4. The number of nitrogens with one attached hydrogen (secondary N) is 2. The molecule has 9 nitrogen and oxygen atoms in total. The van der Waals surface area contributed by atoms with Crippen LogP contribution in [0.3, 0.4) is 0 Å². The molecule has 1 aliphatic rings. The number of carbonyl (C=O) groups is 1. The van der Waals surface area contributed by atoms with Crippen molar-refractivity contribution in [2.75, 3.05) is 40.0 Å². The van der Waals surface area contributed by atoms with Crippen LogP contribution in [0.5, 0.6) is 5.75 Å². The van der Waals surface area contributed by atoms with Gasteiger partial charge in [0.1, 0.15) is 10.6 Å². The number of morpholine rings is 1. The van der Waals surface area contributed by atoms with Crippen molar-refractivity contribution in [1.82, 2.24) is 19.8 Å². The van der Waals surface area contributed by atoms with Gasteiger partial charge in [-0.15, -0.1) is 0 Å². The fourth-order valence-electron chi connectivity index (χ4n) is 3.34. The number of hydrogen-bond acceptors (Lipinski definition) is 6. The van der Waals surface area contributed by atoms with Crippen LogP contribution in [0.1, 0.15) is 23.2 Å². The molecule has 0 saturated carbocycles. The van der Waals surface area contributed by atoms with Gasteiger partial charge in [0.2, 0.25) is 15.9 Å². The maximum Gasteiger partial charge on any atom is 0.246 e. The summed E-state index contributed by atoms with van der Waals surface area (Å²) in [6.07, 6.45) is 3.52. The Morgan fingerprint density at radius 3 is 2.77 bits per heavy atom. The minimum absolute atomic E-state index is 0.0765. The first kappa shape index (κ1) is 22.3. The molecule has 30 heavy (non-hydrogen) atoms. The third-order valence-corrected chi connectivity index (χ3v) is 6.98. The van der Waals surface area contributed by atoms with Gasteiger partial charge in [-0.2, -0.15) is 9.40 Å². The molecule has 2 N–H and O–H groups in total. The largest absolute Gasteiger partial charge is 0.495 e. The van der Waals surface area contributed by atoms with E-state index in [1.54, 1.807) is 18.3 Å². The Morgan fingerprint density at radius 2 is 2.10 bits per heavy atom. The van der Waals surface area contributed by atoms with Gasteiger partial charge in [0.25, 0.3) is 0 Å². The van der Waals surface area contributed by atoms with Crippen molar-refractivity contribution in [2.45, 2.75) is 31.1 Å². The van der Waals surface area contributed by atoms with Crippen LogP contribution in [0, 0.1) is 6.92 Å². The Labute approximate surface area is 176 Å². The first-order valence-corrected chi connectivity index (χ1v) is 11.4. The Hall–Kier alpha value is -2.43. The molecular weight excluding hydrogens is 408 g/mol. The number of carbonyl (C=O) groups excluding carboxylic acids is 1. The molecule has 3 rings (SSSR count). The molecule has 1 fully saturated rings.